The summed E-state index contributed by atoms with van der Waals surface area (Å²) in [5, 5.41) is 13.3. The lowest BCUT2D eigenvalue weighted by atomic mass is 10.1. The highest BCUT2D eigenvalue weighted by Gasteiger charge is 2.12. The lowest BCUT2D eigenvalue weighted by molar-refractivity contribution is 0.166. The zero-order chi connectivity index (χ0) is 12.3. The van der Waals surface area contributed by atoms with Crippen molar-refractivity contribution in [3.05, 3.63) is 22.6 Å². The summed E-state index contributed by atoms with van der Waals surface area (Å²) in [7, 11) is 0. The lowest BCUT2D eigenvalue weighted by Crippen LogP contribution is -2.33. The normalized spacial score (nSPS) is 18.1. The van der Waals surface area contributed by atoms with Crippen LogP contribution < -0.4 is 10.5 Å². The highest BCUT2D eigenvalue weighted by molar-refractivity contribution is 5.43. The molecule has 0 aromatic carbocycles. The Kier molecular flexibility index (Phi) is 3.78. The van der Waals surface area contributed by atoms with Gasteiger partial charge in [0.05, 0.1) is 24.5 Å². The van der Waals surface area contributed by atoms with Crippen molar-refractivity contribution in [2.45, 2.75) is 38.8 Å². The lowest BCUT2D eigenvalue weighted by Gasteiger charge is -2.28. The minimum Gasteiger partial charge on any atom is -0.391 e. The van der Waals surface area contributed by atoms with Gasteiger partial charge in [0.25, 0.3) is 5.56 Å². The summed E-state index contributed by atoms with van der Waals surface area (Å²) in [6.07, 6.45) is 4.78. The molecule has 94 valence electrons. The van der Waals surface area contributed by atoms with Crippen molar-refractivity contribution in [2.75, 3.05) is 18.0 Å². The molecule has 1 atom stereocenters. The summed E-state index contributed by atoms with van der Waals surface area (Å²) in [5.74, 6) is 0. The summed E-state index contributed by atoms with van der Waals surface area (Å²) in [6, 6.07) is 1.61. The van der Waals surface area contributed by atoms with Gasteiger partial charge in [-0.15, -0.1) is 0 Å². The number of nitrogens with zero attached hydrogens (tertiary/aromatic N) is 3. The maximum atomic E-state index is 11.8. The zero-order valence-corrected chi connectivity index (χ0v) is 10.2. The second kappa shape index (κ2) is 5.31. The Balaban J connectivity index is 2.15. The maximum Gasteiger partial charge on any atom is 0.268 e. The van der Waals surface area contributed by atoms with Crippen molar-refractivity contribution in [3.8, 4) is 0 Å². The average Bonchev–Trinajstić information content (AvgIpc) is 2.32. The molecular weight excluding hydrogens is 218 g/mol. The molecule has 1 aromatic heterocycles. The van der Waals surface area contributed by atoms with Crippen LogP contribution in [-0.4, -0.2) is 34.1 Å². The topological polar surface area (TPSA) is 58.4 Å². The third-order valence-corrected chi connectivity index (χ3v) is 3.01. The summed E-state index contributed by atoms with van der Waals surface area (Å²) >= 11 is 0. The third kappa shape index (κ3) is 3.06. The smallest absolute Gasteiger partial charge is 0.268 e. The number of aromatic nitrogens is 2. The Labute approximate surface area is 101 Å². The Morgan fingerprint density at radius 2 is 2.12 bits per heavy atom. The quantitative estimate of drug-likeness (QED) is 0.837. The van der Waals surface area contributed by atoms with Gasteiger partial charge in [-0.2, -0.15) is 5.10 Å². The summed E-state index contributed by atoms with van der Waals surface area (Å²) < 4.78 is 1.30. The average molecular weight is 237 g/mol. The number of aliphatic hydroxyl groups excluding tert-OH is 1. The van der Waals surface area contributed by atoms with E-state index < -0.39 is 6.10 Å². The molecule has 0 unspecified atom stereocenters. The van der Waals surface area contributed by atoms with E-state index in [4.69, 9.17) is 0 Å². The molecule has 0 amide bonds. The van der Waals surface area contributed by atoms with Crippen LogP contribution in [0.4, 0.5) is 5.69 Å². The molecule has 5 nitrogen and oxygen atoms in total. The van der Waals surface area contributed by atoms with Crippen molar-refractivity contribution in [1.29, 1.82) is 0 Å². The van der Waals surface area contributed by atoms with Crippen LogP contribution in [0.3, 0.4) is 0 Å². The van der Waals surface area contributed by atoms with E-state index >= 15 is 0 Å². The molecule has 2 heterocycles. The number of aliphatic hydroxyl groups is 1. The highest BCUT2D eigenvalue weighted by Crippen LogP contribution is 2.16. The van der Waals surface area contributed by atoms with E-state index in [2.05, 4.69) is 10.00 Å². The van der Waals surface area contributed by atoms with Crippen LogP contribution in [0.5, 0.6) is 0 Å². The van der Waals surface area contributed by atoms with Crippen molar-refractivity contribution >= 4 is 5.69 Å². The molecule has 0 spiro atoms. The third-order valence-electron chi connectivity index (χ3n) is 3.01. The van der Waals surface area contributed by atoms with Gasteiger partial charge in [0.2, 0.25) is 0 Å². The minimum absolute atomic E-state index is 0.144. The summed E-state index contributed by atoms with van der Waals surface area (Å²) in [4.78, 5) is 14.0. The molecule has 17 heavy (non-hydrogen) atoms. The number of rotatable bonds is 3. The number of hydrogen-bond acceptors (Lipinski definition) is 4. The van der Waals surface area contributed by atoms with Crippen LogP contribution in [0.15, 0.2) is 17.1 Å². The fourth-order valence-corrected chi connectivity index (χ4v) is 2.14. The zero-order valence-electron chi connectivity index (χ0n) is 10.2. The fraction of sp³-hybridized carbons (Fsp3) is 0.667. The first-order valence-corrected chi connectivity index (χ1v) is 6.17. The Bertz CT molecular complexity index is 422. The van der Waals surface area contributed by atoms with Gasteiger partial charge in [0.15, 0.2) is 0 Å². The molecule has 2 rings (SSSR count). The van der Waals surface area contributed by atoms with E-state index in [0.29, 0.717) is 0 Å². The summed E-state index contributed by atoms with van der Waals surface area (Å²) in [5.41, 5.74) is 0.755. The van der Waals surface area contributed by atoms with Crippen molar-refractivity contribution in [1.82, 2.24) is 9.78 Å². The van der Waals surface area contributed by atoms with Gasteiger partial charge < -0.3 is 10.0 Å². The predicted molar refractivity (Wildman–Crippen MR) is 66.2 cm³/mol. The van der Waals surface area contributed by atoms with Crippen LogP contribution in [0.2, 0.25) is 0 Å². The van der Waals surface area contributed by atoms with Crippen LogP contribution >= 0.6 is 0 Å². The van der Waals surface area contributed by atoms with Gasteiger partial charge in [-0.25, -0.2) is 4.68 Å². The van der Waals surface area contributed by atoms with Crippen LogP contribution in [0.25, 0.3) is 0 Å². The van der Waals surface area contributed by atoms with E-state index in [0.717, 1.165) is 18.8 Å². The largest absolute Gasteiger partial charge is 0.391 e. The first-order chi connectivity index (χ1) is 8.16. The van der Waals surface area contributed by atoms with Crippen LogP contribution in [-0.2, 0) is 6.54 Å². The van der Waals surface area contributed by atoms with E-state index in [-0.39, 0.29) is 12.1 Å². The molecule has 1 N–H and O–H groups in total. The van der Waals surface area contributed by atoms with Crippen molar-refractivity contribution in [2.24, 2.45) is 0 Å². The van der Waals surface area contributed by atoms with Gasteiger partial charge in [0, 0.05) is 19.2 Å². The minimum atomic E-state index is -0.555. The molecule has 1 aromatic rings. The molecule has 0 bridgehead atoms. The Morgan fingerprint density at radius 1 is 1.41 bits per heavy atom. The molecule has 1 aliphatic heterocycles. The molecule has 0 radical (unpaired) electrons. The first-order valence-electron chi connectivity index (χ1n) is 6.17. The van der Waals surface area contributed by atoms with Crippen LogP contribution in [0, 0.1) is 0 Å². The molecule has 1 aliphatic rings. The van der Waals surface area contributed by atoms with Gasteiger partial charge in [-0.3, -0.25) is 4.79 Å². The molecule has 0 saturated carbocycles. The highest BCUT2D eigenvalue weighted by atomic mass is 16.3. The van der Waals surface area contributed by atoms with E-state index in [1.165, 1.54) is 23.9 Å². The summed E-state index contributed by atoms with van der Waals surface area (Å²) in [6.45, 7) is 3.90. The molecular formula is C12H19N3O2. The van der Waals surface area contributed by atoms with Crippen LogP contribution in [0.1, 0.15) is 26.2 Å². The number of hydrogen-bond donors (Lipinski definition) is 1. The second-order valence-corrected chi connectivity index (χ2v) is 4.63. The standard InChI is InChI=1S/C12H19N3O2/c1-10(16)9-15-12(17)7-11(8-13-15)14-5-3-2-4-6-14/h7-8,10,16H,2-6,9H2,1H3/t10-/m1/s1. The van der Waals surface area contributed by atoms with Gasteiger partial charge in [-0.05, 0) is 26.2 Å². The van der Waals surface area contributed by atoms with Gasteiger partial charge in [-0.1, -0.05) is 0 Å². The monoisotopic (exact) mass is 237 g/mol. The molecule has 1 fully saturated rings. The first kappa shape index (κ1) is 12.1. The number of anilines is 1. The number of piperidine rings is 1. The SMILES string of the molecule is C[C@@H](O)Cn1ncc(N2CCCCC2)cc1=O. The maximum absolute atomic E-state index is 11.8. The Morgan fingerprint density at radius 3 is 2.71 bits per heavy atom. The van der Waals surface area contributed by atoms with E-state index in [9.17, 15) is 9.90 Å². The fourth-order valence-electron chi connectivity index (χ4n) is 2.14. The molecule has 0 aliphatic carbocycles. The van der Waals surface area contributed by atoms with Crippen molar-refractivity contribution < 1.29 is 5.11 Å². The van der Waals surface area contributed by atoms with Gasteiger partial charge >= 0.3 is 0 Å². The van der Waals surface area contributed by atoms with Gasteiger partial charge in [0.1, 0.15) is 0 Å². The molecule has 1 saturated heterocycles. The van der Waals surface area contributed by atoms with E-state index in [1.54, 1.807) is 19.2 Å². The van der Waals surface area contributed by atoms with Crippen molar-refractivity contribution in [3.63, 3.8) is 0 Å². The second-order valence-electron chi connectivity index (χ2n) is 4.63. The predicted octanol–water partition coefficient (Wildman–Crippen LogP) is 0.614. The van der Waals surface area contributed by atoms with E-state index in [1.807, 2.05) is 0 Å². The Hall–Kier alpha value is -1.36. The molecule has 5 heteroatoms.